The third-order valence-electron chi connectivity index (χ3n) is 9.69. The van der Waals surface area contributed by atoms with Crippen molar-refractivity contribution in [2.75, 3.05) is 33.7 Å². The first kappa shape index (κ1) is 26.7. The number of nitrogens with zero attached hydrogens (tertiary/aromatic N) is 4. The number of nitrogens with one attached hydrogen (secondary N) is 3. The van der Waals surface area contributed by atoms with Gasteiger partial charge in [-0.25, -0.2) is 14.8 Å². The van der Waals surface area contributed by atoms with Crippen molar-refractivity contribution in [3.8, 4) is 5.75 Å². The van der Waals surface area contributed by atoms with E-state index in [1.165, 1.54) is 6.07 Å². The second kappa shape index (κ2) is 10.5. The van der Waals surface area contributed by atoms with Crippen molar-refractivity contribution in [3.05, 3.63) is 46.3 Å². The number of aromatic hydroxyl groups is 1. The summed E-state index contributed by atoms with van der Waals surface area (Å²) in [5.74, 6) is 0.986. The molecule has 1 amide bonds. The Balaban J connectivity index is 1.15. The zero-order valence-electron chi connectivity index (χ0n) is 23.5. The number of likely N-dealkylation sites (N-methyl/N-ethyl adjacent to an activating group) is 2. The van der Waals surface area contributed by atoms with Crippen LogP contribution in [-0.2, 0) is 24.2 Å². The lowest BCUT2D eigenvalue weighted by atomic mass is 9.73. The summed E-state index contributed by atoms with van der Waals surface area (Å²) in [6.07, 6.45) is 4.28. The second-order valence-electron chi connectivity index (χ2n) is 12.2. The third kappa shape index (κ3) is 4.85. The number of benzene rings is 1. The molecule has 1 aliphatic carbocycles. The van der Waals surface area contributed by atoms with Gasteiger partial charge < -0.3 is 19.9 Å². The van der Waals surface area contributed by atoms with Gasteiger partial charge in [0.1, 0.15) is 5.82 Å². The van der Waals surface area contributed by atoms with Gasteiger partial charge in [-0.05, 0) is 81.8 Å². The number of aromatic amines is 1. The molecule has 39 heavy (non-hydrogen) atoms. The van der Waals surface area contributed by atoms with Crippen LogP contribution in [0.3, 0.4) is 0 Å². The highest BCUT2D eigenvalue weighted by molar-refractivity contribution is 5.83. The SMILES string of the molecule is CCc1cc(O)c(F)cc1C1CCC2C(C1)NNC2c1nc2c([nH]1)CN(C)[C@@H](C(=O)N1CCN(C)C[C@@H]1C)C2. The number of hydrogen-bond acceptors (Lipinski definition) is 7. The molecule has 0 radical (unpaired) electrons. The molecular weight excluding hydrogens is 497 g/mol. The van der Waals surface area contributed by atoms with Crippen LogP contribution in [0.4, 0.5) is 4.39 Å². The number of carbonyl (C=O) groups is 1. The highest BCUT2D eigenvalue weighted by atomic mass is 19.1. The normalized spacial score (nSPS) is 31.8. The van der Waals surface area contributed by atoms with Gasteiger partial charge in [-0.1, -0.05) is 6.92 Å². The molecule has 0 spiro atoms. The highest BCUT2D eigenvalue weighted by Crippen LogP contribution is 2.44. The van der Waals surface area contributed by atoms with Crippen molar-refractivity contribution in [1.82, 2.24) is 35.5 Å². The third-order valence-corrected chi connectivity index (χ3v) is 9.69. The van der Waals surface area contributed by atoms with Gasteiger partial charge in [0, 0.05) is 44.7 Å². The Labute approximate surface area is 230 Å². The van der Waals surface area contributed by atoms with E-state index in [1.807, 2.05) is 14.0 Å². The molecule has 0 bridgehead atoms. The van der Waals surface area contributed by atoms with Crippen LogP contribution < -0.4 is 10.9 Å². The van der Waals surface area contributed by atoms with E-state index < -0.39 is 5.82 Å². The molecule has 4 unspecified atom stereocenters. The van der Waals surface area contributed by atoms with Crippen molar-refractivity contribution in [3.63, 3.8) is 0 Å². The number of phenols is 1. The number of carbonyl (C=O) groups excluding carboxylic acids is 1. The van der Waals surface area contributed by atoms with Gasteiger partial charge in [-0.2, -0.15) is 0 Å². The number of halogens is 1. The number of hydrogen-bond donors (Lipinski definition) is 4. The fourth-order valence-corrected chi connectivity index (χ4v) is 7.47. The summed E-state index contributed by atoms with van der Waals surface area (Å²) in [7, 11) is 4.15. The smallest absolute Gasteiger partial charge is 0.240 e. The molecule has 4 N–H and O–H groups in total. The Morgan fingerprint density at radius 3 is 2.79 bits per heavy atom. The van der Waals surface area contributed by atoms with E-state index in [9.17, 15) is 14.3 Å². The van der Waals surface area contributed by atoms with Gasteiger partial charge >= 0.3 is 0 Å². The molecule has 1 aromatic heterocycles. The average molecular weight is 540 g/mol. The number of H-pyrrole nitrogens is 1. The number of imidazole rings is 1. The zero-order chi connectivity index (χ0) is 27.4. The lowest BCUT2D eigenvalue weighted by Crippen LogP contribution is -2.58. The molecule has 2 aromatic rings. The molecule has 6 rings (SSSR count). The van der Waals surface area contributed by atoms with Crippen molar-refractivity contribution >= 4 is 5.91 Å². The monoisotopic (exact) mass is 539 g/mol. The molecule has 2 saturated heterocycles. The van der Waals surface area contributed by atoms with Gasteiger partial charge in [0.05, 0.1) is 23.5 Å². The van der Waals surface area contributed by atoms with Crippen LogP contribution in [0.1, 0.15) is 73.4 Å². The maximum absolute atomic E-state index is 14.2. The molecular formula is C29H42FN7O2. The Morgan fingerprint density at radius 2 is 2.03 bits per heavy atom. The minimum absolute atomic E-state index is 0.0702. The van der Waals surface area contributed by atoms with E-state index >= 15 is 0 Å². The predicted octanol–water partition coefficient (Wildman–Crippen LogP) is 2.44. The molecule has 1 aromatic carbocycles. The van der Waals surface area contributed by atoms with Crippen LogP contribution in [0, 0.1) is 11.7 Å². The average Bonchev–Trinajstić information content (AvgIpc) is 3.52. The zero-order valence-corrected chi connectivity index (χ0v) is 23.5. The van der Waals surface area contributed by atoms with Crippen LogP contribution >= 0.6 is 0 Å². The molecule has 212 valence electrons. The van der Waals surface area contributed by atoms with Crippen LogP contribution in [0.5, 0.6) is 5.75 Å². The fraction of sp³-hybridized carbons (Fsp3) is 0.655. The summed E-state index contributed by atoms with van der Waals surface area (Å²) in [5, 5.41) is 9.85. The minimum atomic E-state index is -0.537. The van der Waals surface area contributed by atoms with E-state index in [-0.39, 0.29) is 41.7 Å². The van der Waals surface area contributed by atoms with E-state index in [1.54, 1.807) is 6.07 Å². The Bertz CT molecular complexity index is 1230. The van der Waals surface area contributed by atoms with Gasteiger partial charge in [0.2, 0.25) is 5.91 Å². The molecule has 6 atom stereocenters. The van der Waals surface area contributed by atoms with E-state index in [0.29, 0.717) is 18.9 Å². The first-order chi connectivity index (χ1) is 18.7. The summed E-state index contributed by atoms with van der Waals surface area (Å²) in [4.78, 5) is 28.7. The van der Waals surface area contributed by atoms with E-state index in [0.717, 1.165) is 73.7 Å². The maximum atomic E-state index is 14.2. The van der Waals surface area contributed by atoms with Gasteiger partial charge in [-0.15, -0.1) is 0 Å². The summed E-state index contributed by atoms with van der Waals surface area (Å²) < 4.78 is 14.2. The molecule has 10 heteroatoms. The maximum Gasteiger partial charge on any atom is 0.240 e. The van der Waals surface area contributed by atoms with Crippen molar-refractivity contribution < 1.29 is 14.3 Å². The summed E-state index contributed by atoms with van der Waals surface area (Å²) >= 11 is 0. The first-order valence-corrected chi connectivity index (χ1v) is 14.5. The second-order valence-corrected chi connectivity index (χ2v) is 12.2. The van der Waals surface area contributed by atoms with Crippen molar-refractivity contribution in [2.24, 2.45) is 5.92 Å². The molecule has 4 aliphatic rings. The van der Waals surface area contributed by atoms with Crippen molar-refractivity contribution in [1.29, 1.82) is 0 Å². The largest absolute Gasteiger partial charge is 0.505 e. The number of aryl methyl sites for hydroxylation is 1. The molecule has 9 nitrogen and oxygen atoms in total. The van der Waals surface area contributed by atoms with Crippen LogP contribution in [0.15, 0.2) is 12.1 Å². The molecule has 3 fully saturated rings. The number of rotatable bonds is 4. The van der Waals surface area contributed by atoms with Crippen LogP contribution in [0.25, 0.3) is 0 Å². The van der Waals surface area contributed by atoms with E-state index in [4.69, 9.17) is 4.98 Å². The summed E-state index contributed by atoms with van der Waals surface area (Å²) in [5.41, 5.74) is 11.2. The number of hydrazine groups is 1. The molecule has 1 saturated carbocycles. The van der Waals surface area contributed by atoms with Crippen LogP contribution in [0.2, 0.25) is 0 Å². The number of piperazine rings is 1. The Kier molecular flexibility index (Phi) is 7.16. The Hall–Kier alpha value is -2.53. The predicted molar refractivity (Wildman–Crippen MR) is 147 cm³/mol. The lowest BCUT2D eigenvalue weighted by molar-refractivity contribution is -0.141. The summed E-state index contributed by atoms with van der Waals surface area (Å²) in [6.45, 7) is 7.47. The fourth-order valence-electron chi connectivity index (χ4n) is 7.47. The Morgan fingerprint density at radius 1 is 1.21 bits per heavy atom. The van der Waals surface area contributed by atoms with Crippen molar-refractivity contribution in [2.45, 2.75) is 82.6 Å². The first-order valence-electron chi connectivity index (χ1n) is 14.5. The molecule has 4 heterocycles. The van der Waals surface area contributed by atoms with Crippen LogP contribution in [-0.4, -0.2) is 87.5 Å². The van der Waals surface area contributed by atoms with Gasteiger partial charge in [-0.3, -0.25) is 15.1 Å². The highest BCUT2D eigenvalue weighted by Gasteiger charge is 2.44. The number of fused-ring (bicyclic) bond motifs is 2. The standard InChI is InChI=1S/C29H42FN7O2/c1-5-17-11-26(38)21(30)12-20(17)18-6-7-19-22(10-18)33-34-27(19)28-31-23-13-25(36(4)15-24(23)32-28)29(39)37-9-8-35(3)14-16(37)2/h11-12,16,18-19,22,25,27,33-34,38H,5-10,13-15H2,1-4H3,(H,31,32)/t16-,18?,19?,22?,25+,27?/m0/s1. The number of amides is 1. The number of aromatic nitrogens is 2. The van der Waals surface area contributed by atoms with E-state index in [2.05, 4.69) is 44.5 Å². The van der Waals surface area contributed by atoms with Gasteiger partial charge in [0.25, 0.3) is 0 Å². The number of phenolic OH excluding ortho intramolecular Hbond substituents is 1. The van der Waals surface area contributed by atoms with Gasteiger partial charge in [0.15, 0.2) is 11.6 Å². The minimum Gasteiger partial charge on any atom is -0.505 e. The molecule has 3 aliphatic heterocycles. The lowest BCUT2D eigenvalue weighted by Gasteiger charge is -2.42. The summed E-state index contributed by atoms with van der Waals surface area (Å²) in [6, 6.07) is 3.49. The topological polar surface area (TPSA) is 99.8 Å². The quantitative estimate of drug-likeness (QED) is 0.474.